The van der Waals surface area contributed by atoms with E-state index in [1.165, 1.54) is 18.2 Å². The molecule has 1 aliphatic heterocycles. The Hall–Kier alpha value is -0.980. The highest BCUT2D eigenvalue weighted by molar-refractivity contribution is 7.91. The molecular weight excluding hydrogens is 221 g/mol. The van der Waals surface area contributed by atoms with Crippen molar-refractivity contribution in [2.75, 3.05) is 12.4 Å². The maximum atomic E-state index is 13.4. The van der Waals surface area contributed by atoms with Gasteiger partial charge in [-0.1, -0.05) is 6.07 Å². The van der Waals surface area contributed by atoms with Crippen molar-refractivity contribution < 1.29 is 17.6 Å². The zero-order chi connectivity index (χ0) is 11.1. The van der Waals surface area contributed by atoms with E-state index in [-0.39, 0.29) is 22.8 Å². The van der Waals surface area contributed by atoms with Crippen molar-refractivity contribution in [2.24, 2.45) is 5.90 Å². The second-order valence-corrected chi connectivity index (χ2v) is 5.47. The summed E-state index contributed by atoms with van der Waals surface area (Å²) in [6, 6.07) is 4.03. The van der Waals surface area contributed by atoms with Crippen LogP contribution in [0.2, 0.25) is 0 Å². The quantitative estimate of drug-likeness (QED) is 0.756. The third-order valence-corrected chi connectivity index (χ3v) is 4.34. The molecule has 0 bridgehead atoms. The lowest BCUT2D eigenvalue weighted by atomic mass is 10.0. The number of sulfone groups is 1. The van der Waals surface area contributed by atoms with Crippen molar-refractivity contribution in [3.05, 3.63) is 29.6 Å². The Balaban J connectivity index is 2.59. The van der Waals surface area contributed by atoms with Crippen LogP contribution >= 0.6 is 0 Å². The predicted octanol–water partition coefficient (Wildman–Crippen LogP) is 0.587. The van der Waals surface area contributed by atoms with Crippen LogP contribution in [0.25, 0.3) is 0 Å². The SMILES string of the molecule is NOCC1CS(=O)(=O)c2cccc(F)c21. The van der Waals surface area contributed by atoms with Crippen molar-refractivity contribution in [3.8, 4) is 0 Å². The molecule has 0 amide bonds. The van der Waals surface area contributed by atoms with Crippen LogP contribution in [0, 0.1) is 5.82 Å². The van der Waals surface area contributed by atoms with Gasteiger partial charge >= 0.3 is 0 Å². The van der Waals surface area contributed by atoms with E-state index in [0.717, 1.165) is 0 Å². The van der Waals surface area contributed by atoms with Gasteiger partial charge in [0.05, 0.1) is 17.3 Å². The lowest BCUT2D eigenvalue weighted by molar-refractivity contribution is 0.127. The molecule has 2 rings (SSSR count). The average Bonchev–Trinajstić information content (AvgIpc) is 2.41. The van der Waals surface area contributed by atoms with E-state index in [9.17, 15) is 12.8 Å². The second-order valence-electron chi connectivity index (χ2n) is 3.46. The monoisotopic (exact) mass is 231 g/mol. The van der Waals surface area contributed by atoms with E-state index in [1.54, 1.807) is 0 Å². The molecule has 0 aromatic heterocycles. The van der Waals surface area contributed by atoms with E-state index < -0.39 is 21.6 Å². The van der Waals surface area contributed by atoms with Gasteiger partial charge in [-0.2, -0.15) is 0 Å². The van der Waals surface area contributed by atoms with Crippen LogP contribution in [-0.4, -0.2) is 20.8 Å². The average molecular weight is 231 g/mol. The Kier molecular flexibility index (Phi) is 2.49. The molecular formula is C9H10FNO3S. The minimum Gasteiger partial charge on any atom is -0.304 e. The fraction of sp³-hybridized carbons (Fsp3) is 0.333. The second kappa shape index (κ2) is 3.55. The summed E-state index contributed by atoms with van der Waals surface area (Å²) < 4.78 is 36.7. The van der Waals surface area contributed by atoms with Crippen molar-refractivity contribution >= 4 is 9.84 Å². The van der Waals surface area contributed by atoms with Gasteiger partial charge in [0.2, 0.25) is 0 Å². The summed E-state index contributed by atoms with van der Waals surface area (Å²) in [5, 5.41) is 0. The lowest BCUT2D eigenvalue weighted by Gasteiger charge is -2.07. The summed E-state index contributed by atoms with van der Waals surface area (Å²) >= 11 is 0. The topological polar surface area (TPSA) is 69.4 Å². The number of hydrogen-bond acceptors (Lipinski definition) is 4. The first-order chi connectivity index (χ1) is 7.06. The Morgan fingerprint density at radius 2 is 2.27 bits per heavy atom. The van der Waals surface area contributed by atoms with Crippen LogP contribution < -0.4 is 5.90 Å². The highest BCUT2D eigenvalue weighted by Gasteiger charge is 2.36. The van der Waals surface area contributed by atoms with Crippen LogP contribution in [0.3, 0.4) is 0 Å². The number of benzene rings is 1. The zero-order valence-corrected chi connectivity index (χ0v) is 8.63. The van der Waals surface area contributed by atoms with Crippen molar-refractivity contribution in [1.82, 2.24) is 0 Å². The van der Waals surface area contributed by atoms with Gasteiger partial charge in [0.15, 0.2) is 9.84 Å². The van der Waals surface area contributed by atoms with Gasteiger partial charge < -0.3 is 4.84 Å². The molecule has 2 N–H and O–H groups in total. The number of nitrogens with two attached hydrogens (primary N) is 1. The van der Waals surface area contributed by atoms with Crippen LogP contribution in [0.5, 0.6) is 0 Å². The molecule has 1 atom stereocenters. The molecule has 0 radical (unpaired) electrons. The summed E-state index contributed by atoms with van der Waals surface area (Å²) in [4.78, 5) is 4.46. The van der Waals surface area contributed by atoms with E-state index in [4.69, 9.17) is 5.90 Å². The number of hydrogen-bond donors (Lipinski definition) is 1. The molecule has 1 aliphatic rings. The molecule has 0 fully saturated rings. The minimum atomic E-state index is -3.38. The molecule has 0 spiro atoms. The van der Waals surface area contributed by atoms with Crippen molar-refractivity contribution in [3.63, 3.8) is 0 Å². The normalized spacial score (nSPS) is 22.7. The van der Waals surface area contributed by atoms with Gasteiger partial charge in [0.1, 0.15) is 5.82 Å². The summed E-state index contributed by atoms with van der Waals surface area (Å²) in [5.74, 6) is 3.73. The number of halogens is 1. The van der Waals surface area contributed by atoms with Crippen LogP contribution in [-0.2, 0) is 14.7 Å². The third kappa shape index (κ3) is 1.64. The molecule has 1 heterocycles. The van der Waals surface area contributed by atoms with Crippen molar-refractivity contribution in [2.45, 2.75) is 10.8 Å². The summed E-state index contributed by atoms with van der Waals surface area (Å²) in [6.45, 7) is 0.00711. The number of rotatable bonds is 2. The maximum Gasteiger partial charge on any atom is 0.179 e. The van der Waals surface area contributed by atoms with E-state index in [0.29, 0.717) is 0 Å². The van der Waals surface area contributed by atoms with Gasteiger partial charge in [0.25, 0.3) is 0 Å². The first-order valence-electron chi connectivity index (χ1n) is 4.39. The van der Waals surface area contributed by atoms with Crippen LogP contribution in [0.4, 0.5) is 4.39 Å². The molecule has 0 saturated carbocycles. The van der Waals surface area contributed by atoms with Gasteiger partial charge in [0, 0.05) is 11.5 Å². The van der Waals surface area contributed by atoms with E-state index >= 15 is 0 Å². The summed E-state index contributed by atoms with van der Waals surface area (Å²) in [7, 11) is -3.38. The molecule has 1 aromatic rings. The maximum absolute atomic E-state index is 13.4. The third-order valence-electron chi connectivity index (χ3n) is 2.47. The molecule has 0 saturated heterocycles. The van der Waals surface area contributed by atoms with Crippen molar-refractivity contribution in [1.29, 1.82) is 0 Å². The molecule has 1 unspecified atom stereocenters. The molecule has 0 aliphatic carbocycles. The summed E-state index contributed by atoms with van der Waals surface area (Å²) in [5.41, 5.74) is 0.197. The largest absolute Gasteiger partial charge is 0.304 e. The fourth-order valence-electron chi connectivity index (χ4n) is 1.87. The Morgan fingerprint density at radius 3 is 2.93 bits per heavy atom. The molecule has 6 heteroatoms. The molecule has 1 aromatic carbocycles. The Morgan fingerprint density at radius 1 is 1.53 bits per heavy atom. The lowest BCUT2D eigenvalue weighted by Crippen LogP contribution is -2.13. The molecule has 82 valence electrons. The fourth-order valence-corrected chi connectivity index (χ4v) is 3.73. The zero-order valence-electron chi connectivity index (χ0n) is 7.81. The van der Waals surface area contributed by atoms with Gasteiger partial charge in [-0.05, 0) is 12.1 Å². The molecule has 15 heavy (non-hydrogen) atoms. The predicted molar refractivity (Wildman–Crippen MR) is 51.3 cm³/mol. The first kappa shape index (κ1) is 10.5. The highest BCUT2D eigenvalue weighted by Crippen LogP contribution is 2.36. The van der Waals surface area contributed by atoms with E-state index in [2.05, 4.69) is 4.84 Å². The van der Waals surface area contributed by atoms with E-state index in [1.807, 2.05) is 0 Å². The Bertz CT molecular complexity index is 486. The first-order valence-corrected chi connectivity index (χ1v) is 6.04. The summed E-state index contributed by atoms with van der Waals surface area (Å²) in [6.07, 6.45) is 0. The molecule has 4 nitrogen and oxygen atoms in total. The minimum absolute atomic E-state index is 0.00711. The van der Waals surface area contributed by atoms with Gasteiger partial charge in [-0.15, -0.1) is 0 Å². The van der Waals surface area contributed by atoms with Crippen LogP contribution in [0.1, 0.15) is 11.5 Å². The standard InChI is InChI=1S/C9H10FNO3S/c10-7-2-1-3-8-9(7)6(4-14-11)5-15(8,12)13/h1-3,6H,4-5,11H2. The van der Waals surface area contributed by atoms with Gasteiger partial charge in [-0.3, -0.25) is 0 Å². The Labute approximate surface area is 86.7 Å². The number of fused-ring (bicyclic) bond motifs is 1. The van der Waals surface area contributed by atoms with Crippen LogP contribution in [0.15, 0.2) is 23.1 Å². The highest BCUT2D eigenvalue weighted by atomic mass is 32.2. The smallest absolute Gasteiger partial charge is 0.179 e. The van der Waals surface area contributed by atoms with Gasteiger partial charge in [-0.25, -0.2) is 18.7 Å².